The van der Waals surface area contributed by atoms with E-state index in [9.17, 15) is 9.59 Å². The highest BCUT2D eigenvalue weighted by Gasteiger charge is 2.26. The maximum absolute atomic E-state index is 12.5. The smallest absolute Gasteiger partial charge is 0.321 e. The lowest BCUT2D eigenvalue weighted by molar-refractivity contribution is -0.143. The van der Waals surface area contributed by atoms with Gasteiger partial charge in [0, 0.05) is 37.9 Å². The summed E-state index contributed by atoms with van der Waals surface area (Å²) in [5.74, 6) is 0.388. The summed E-state index contributed by atoms with van der Waals surface area (Å²) in [4.78, 5) is 28.3. The molecule has 2 fully saturated rings. The minimum atomic E-state index is -0.267. The van der Waals surface area contributed by atoms with E-state index in [1.165, 1.54) is 12.8 Å². The molecular formula is C21H32N4O4. The average molecular weight is 405 g/mol. The summed E-state index contributed by atoms with van der Waals surface area (Å²) in [6.45, 7) is 7.99. The number of piperidine rings is 1. The standard InChI is InChI=1S/C21H32N4O4/c1-2-28-20(26)9-16-29-19-5-3-17(4-6-19)23-21(27)25-14-12-24(13-15-25)18-7-10-22-11-8-18/h3-6,18,22H,2,7-16H2,1H3,(H,23,27). The van der Waals surface area contributed by atoms with Gasteiger partial charge < -0.3 is 25.0 Å². The zero-order chi connectivity index (χ0) is 20.5. The third-order valence-corrected chi connectivity index (χ3v) is 5.41. The van der Waals surface area contributed by atoms with E-state index >= 15 is 0 Å². The molecular weight excluding hydrogens is 372 g/mol. The number of esters is 1. The summed E-state index contributed by atoms with van der Waals surface area (Å²) in [6.07, 6.45) is 2.61. The first-order valence-corrected chi connectivity index (χ1v) is 10.5. The van der Waals surface area contributed by atoms with Gasteiger partial charge in [0.05, 0.1) is 19.6 Å². The van der Waals surface area contributed by atoms with Gasteiger partial charge >= 0.3 is 12.0 Å². The molecule has 2 aliphatic heterocycles. The van der Waals surface area contributed by atoms with Crippen molar-refractivity contribution < 1.29 is 19.1 Å². The fourth-order valence-corrected chi connectivity index (χ4v) is 3.78. The number of nitrogens with zero attached hydrogens (tertiary/aromatic N) is 2. The molecule has 2 heterocycles. The molecule has 8 heteroatoms. The van der Waals surface area contributed by atoms with Gasteiger partial charge in [-0.25, -0.2) is 4.79 Å². The fraction of sp³-hybridized carbons (Fsp3) is 0.619. The molecule has 0 spiro atoms. The van der Waals surface area contributed by atoms with E-state index in [0.29, 0.717) is 18.4 Å². The van der Waals surface area contributed by atoms with Crippen molar-refractivity contribution in [3.63, 3.8) is 0 Å². The summed E-state index contributed by atoms with van der Waals surface area (Å²) >= 11 is 0. The van der Waals surface area contributed by atoms with Crippen molar-refractivity contribution in [2.24, 2.45) is 0 Å². The zero-order valence-electron chi connectivity index (χ0n) is 17.2. The van der Waals surface area contributed by atoms with E-state index in [1.807, 2.05) is 17.0 Å². The van der Waals surface area contributed by atoms with Crippen molar-refractivity contribution in [1.29, 1.82) is 0 Å². The van der Waals surface area contributed by atoms with Crippen LogP contribution in [0.1, 0.15) is 26.2 Å². The Labute approximate surface area is 172 Å². The molecule has 8 nitrogen and oxygen atoms in total. The summed E-state index contributed by atoms with van der Waals surface area (Å²) in [7, 11) is 0. The molecule has 1 aromatic rings. The summed E-state index contributed by atoms with van der Waals surface area (Å²) in [5.41, 5.74) is 0.730. The van der Waals surface area contributed by atoms with Crippen LogP contribution >= 0.6 is 0 Å². The van der Waals surface area contributed by atoms with Crippen LogP contribution in [0.2, 0.25) is 0 Å². The first kappa shape index (κ1) is 21.4. The number of carbonyl (C=O) groups excluding carboxylic acids is 2. The van der Waals surface area contributed by atoms with E-state index in [4.69, 9.17) is 9.47 Å². The van der Waals surface area contributed by atoms with Gasteiger partial charge in [0.1, 0.15) is 5.75 Å². The number of hydrogen-bond donors (Lipinski definition) is 2. The molecule has 29 heavy (non-hydrogen) atoms. The number of amides is 2. The molecule has 2 N–H and O–H groups in total. The SMILES string of the molecule is CCOC(=O)CCOc1ccc(NC(=O)N2CCN(C3CCNCC3)CC2)cc1. The Morgan fingerprint density at radius 1 is 1.10 bits per heavy atom. The van der Waals surface area contributed by atoms with Crippen LogP contribution in [0, 0.1) is 0 Å². The van der Waals surface area contributed by atoms with Crippen LogP contribution in [0.15, 0.2) is 24.3 Å². The predicted molar refractivity (Wildman–Crippen MR) is 111 cm³/mol. The van der Waals surface area contributed by atoms with Crippen molar-refractivity contribution in [2.75, 3.05) is 57.8 Å². The second-order valence-corrected chi connectivity index (χ2v) is 7.36. The van der Waals surface area contributed by atoms with Gasteiger partial charge in [0.25, 0.3) is 0 Å². The summed E-state index contributed by atoms with van der Waals surface area (Å²) in [5, 5.41) is 6.36. The Hall–Kier alpha value is -2.32. The van der Waals surface area contributed by atoms with Gasteiger partial charge in [-0.2, -0.15) is 0 Å². The second-order valence-electron chi connectivity index (χ2n) is 7.36. The van der Waals surface area contributed by atoms with E-state index in [-0.39, 0.29) is 25.0 Å². The van der Waals surface area contributed by atoms with E-state index in [2.05, 4.69) is 15.5 Å². The van der Waals surface area contributed by atoms with Crippen LogP contribution in [0.3, 0.4) is 0 Å². The van der Waals surface area contributed by atoms with Gasteiger partial charge in [-0.05, 0) is 57.1 Å². The number of piperazine rings is 1. The molecule has 0 aromatic heterocycles. The van der Waals surface area contributed by atoms with Crippen molar-refractivity contribution in [2.45, 2.75) is 32.2 Å². The second kappa shape index (κ2) is 11.0. The first-order valence-electron chi connectivity index (χ1n) is 10.5. The van der Waals surface area contributed by atoms with E-state index in [0.717, 1.165) is 45.0 Å². The number of ether oxygens (including phenoxy) is 2. The maximum atomic E-state index is 12.5. The van der Waals surface area contributed by atoms with Gasteiger partial charge in [-0.1, -0.05) is 0 Å². The van der Waals surface area contributed by atoms with Crippen LogP contribution in [0.25, 0.3) is 0 Å². The van der Waals surface area contributed by atoms with Crippen LogP contribution in [0.5, 0.6) is 5.75 Å². The predicted octanol–water partition coefficient (Wildman–Crippen LogP) is 1.92. The quantitative estimate of drug-likeness (QED) is 0.676. The number of carbonyl (C=O) groups is 2. The van der Waals surface area contributed by atoms with Crippen molar-refractivity contribution in [3.8, 4) is 5.75 Å². The molecule has 0 saturated carbocycles. The number of nitrogens with one attached hydrogen (secondary N) is 2. The van der Waals surface area contributed by atoms with Crippen molar-refractivity contribution >= 4 is 17.7 Å². The summed E-state index contributed by atoms with van der Waals surface area (Å²) < 4.78 is 10.4. The monoisotopic (exact) mass is 404 g/mol. The summed E-state index contributed by atoms with van der Waals surface area (Å²) in [6, 6.07) is 7.78. The van der Waals surface area contributed by atoms with Crippen LogP contribution in [-0.2, 0) is 9.53 Å². The van der Waals surface area contributed by atoms with Gasteiger partial charge in [-0.3, -0.25) is 9.69 Å². The molecule has 0 unspecified atom stereocenters. The molecule has 1 aromatic carbocycles. The molecule has 0 bridgehead atoms. The average Bonchev–Trinajstić information content (AvgIpc) is 2.76. The molecule has 2 amide bonds. The highest BCUT2D eigenvalue weighted by atomic mass is 16.5. The molecule has 0 radical (unpaired) electrons. The van der Waals surface area contributed by atoms with Gasteiger partial charge in [-0.15, -0.1) is 0 Å². The lowest BCUT2D eigenvalue weighted by Gasteiger charge is -2.40. The van der Waals surface area contributed by atoms with Crippen molar-refractivity contribution in [1.82, 2.24) is 15.1 Å². The Morgan fingerprint density at radius 3 is 2.45 bits per heavy atom. The molecule has 160 valence electrons. The minimum Gasteiger partial charge on any atom is -0.493 e. The van der Waals surface area contributed by atoms with Gasteiger partial charge in [0.15, 0.2) is 0 Å². The Balaban J connectivity index is 1.38. The van der Waals surface area contributed by atoms with E-state index < -0.39 is 0 Å². The van der Waals surface area contributed by atoms with Crippen molar-refractivity contribution in [3.05, 3.63) is 24.3 Å². The Morgan fingerprint density at radius 2 is 1.79 bits per heavy atom. The lowest BCUT2D eigenvalue weighted by Crippen LogP contribution is -2.54. The highest BCUT2D eigenvalue weighted by molar-refractivity contribution is 5.89. The number of urea groups is 1. The Bertz CT molecular complexity index is 653. The first-order chi connectivity index (χ1) is 14.2. The third kappa shape index (κ3) is 6.61. The third-order valence-electron chi connectivity index (χ3n) is 5.41. The zero-order valence-corrected chi connectivity index (χ0v) is 17.2. The molecule has 2 saturated heterocycles. The van der Waals surface area contributed by atoms with Gasteiger partial charge in [0.2, 0.25) is 0 Å². The molecule has 2 aliphatic rings. The largest absolute Gasteiger partial charge is 0.493 e. The number of benzene rings is 1. The Kier molecular flexibility index (Phi) is 8.13. The van der Waals surface area contributed by atoms with Crippen LogP contribution in [0.4, 0.5) is 10.5 Å². The lowest BCUT2D eigenvalue weighted by atomic mass is 10.0. The molecule has 0 atom stereocenters. The fourth-order valence-electron chi connectivity index (χ4n) is 3.78. The van der Waals surface area contributed by atoms with Crippen LogP contribution < -0.4 is 15.4 Å². The highest BCUT2D eigenvalue weighted by Crippen LogP contribution is 2.18. The topological polar surface area (TPSA) is 83.1 Å². The molecule has 3 rings (SSSR count). The normalized spacial score (nSPS) is 18.3. The molecule has 0 aliphatic carbocycles. The van der Waals surface area contributed by atoms with E-state index in [1.54, 1.807) is 19.1 Å². The maximum Gasteiger partial charge on any atom is 0.321 e. The van der Waals surface area contributed by atoms with Crippen LogP contribution in [-0.4, -0.2) is 80.3 Å². The number of hydrogen-bond acceptors (Lipinski definition) is 6. The minimum absolute atomic E-state index is 0.0639. The number of rotatable bonds is 7. The number of anilines is 1.